The van der Waals surface area contributed by atoms with Gasteiger partial charge in [0.15, 0.2) is 29.0 Å². The summed E-state index contributed by atoms with van der Waals surface area (Å²) in [5, 5.41) is 40.1. The second-order valence-corrected chi connectivity index (χ2v) is 5.26. The molecule has 4 N–H and O–H groups in total. The zero-order valence-electron chi connectivity index (χ0n) is 11.6. The van der Waals surface area contributed by atoms with E-state index >= 15 is 0 Å². The van der Waals surface area contributed by atoms with E-state index in [2.05, 4.69) is 15.0 Å². The number of nitrogens with one attached hydrogen (secondary N) is 1. The van der Waals surface area contributed by atoms with Gasteiger partial charge in [0.1, 0.15) is 6.20 Å². The number of aromatic nitrogens is 1. The van der Waals surface area contributed by atoms with Crippen LogP contribution in [0.25, 0.3) is 0 Å². The van der Waals surface area contributed by atoms with Crippen LogP contribution in [-0.2, 0) is 9.53 Å². The minimum atomic E-state index is -1.04. The first-order chi connectivity index (χ1) is 11.3. The summed E-state index contributed by atoms with van der Waals surface area (Å²) < 4.78 is 4.65. The standard InChI is InChI=1S/C12H9N3O8S/c16-6-1-5(2-7(17)10(6)19)11(20)23-4-8(18)14-12-13-3-9(24-12)15(21)22/h1-3,16-17,19H,4H2,(H,13,14,18). The van der Waals surface area contributed by atoms with Gasteiger partial charge in [0, 0.05) is 0 Å². The van der Waals surface area contributed by atoms with Gasteiger partial charge in [0.05, 0.1) is 10.5 Å². The molecule has 2 rings (SSSR count). The number of nitro groups is 1. The van der Waals surface area contributed by atoms with E-state index in [1.54, 1.807) is 0 Å². The van der Waals surface area contributed by atoms with Crippen LogP contribution in [0.2, 0.25) is 0 Å². The van der Waals surface area contributed by atoms with E-state index in [4.69, 9.17) is 5.11 Å². The number of benzene rings is 1. The molecule has 126 valence electrons. The van der Waals surface area contributed by atoms with Crippen molar-refractivity contribution in [2.24, 2.45) is 0 Å². The Morgan fingerprint density at radius 2 is 1.92 bits per heavy atom. The smallest absolute Gasteiger partial charge is 0.345 e. The van der Waals surface area contributed by atoms with Crippen molar-refractivity contribution in [1.29, 1.82) is 0 Å². The fourth-order valence-corrected chi connectivity index (χ4v) is 2.15. The van der Waals surface area contributed by atoms with Crippen LogP contribution in [0.4, 0.5) is 10.1 Å². The first-order valence-corrected chi connectivity index (χ1v) is 6.91. The molecule has 1 heterocycles. The number of phenols is 3. The molecular weight excluding hydrogens is 346 g/mol. The Kier molecular flexibility index (Phi) is 4.79. The lowest BCUT2D eigenvalue weighted by Gasteiger charge is -2.06. The molecule has 2 aromatic rings. The summed E-state index contributed by atoms with van der Waals surface area (Å²) in [5.74, 6) is -4.10. The zero-order valence-corrected chi connectivity index (χ0v) is 12.4. The summed E-state index contributed by atoms with van der Waals surface area (Å²) >= 11 is 0.629. The maximum absolute atomic E-state index is 11.7. The Balaban J connectivity index is 1.93. The molecule has 1 aromatic heterocycles. The van der Waals surface area contributed by atoms with Gasteiger partial charge in [0.25, 0.3) is 5.91 Å². The van der Waals surface area contributed by atoms with Gasteiger partial charge in [-0.2, -0.15) is 0 Å². The van der Waals surface area contributed by atoms with Crippen molar-refractivity contribution in [2.45, 2.75) is 0 Å². The van der Waals surface area contributed by atoms with E-state index in [1.807, 2.05) is 0 Å². The van der Waals surface area contributed by atoms with Crippen LogP contribution in [-0.4, -0.2) is 43.7 Å². The molecule has 0 fully saturated rings. The van der Waals surface area contributed by atoms with Gasteiger partial charge in [-0.15, -0.1) is 0 Å². The van der Waals surface area contributed by atoms with Crippen molar-refractivity contribution >= 4 is 33.3 Å². The largest absolute Gasteiger partial charge is 0.504 e. The maximum Gasteiger partial charge on any atom is 0.345 e. The highest BCUT2D eigenvalue weighted by Crippen LogP contribution is 2.35. The van der Waals surface area contributed by atoms with Crippen molar-refractivity contribution < 1.29 is 34.6 Å². The molecule has 0 bridgehead atoms. The van der Waals surface area contributed by atoms with Gasteiger partial charge < -0.3 is 20.1 Å². The Morgan fingerprint density at radius 1 is 1.29 bits per heavy atom. The number of aromatic hydroxyl groups is 3. The van der Waals surface area contributed by atoms with Crippen LogP contribution in [0.1, 0.15) is 10.4 Å². The van der Waals surface area contributed by atoms with E-state index in [0.717, 1.165) is 18.3 Å². The number of hydrogen-bond acceptors (Lipinski definition) is 10. The Bertz CT molecular complexity index is 795. The molecular formula is C12H9N3O8S. The summed E-state index contributed by atoms with van der Waals surface area (Å²) in [6, 6.07) is 1.69. The number of ether oxygens (including phenoxy) is 1. The highest BCUT2D eigenvalue weighted by molar-refractivity contribution is 7.18. The van der Waals surface area contributed by atoms with Gasteiger partial charge >= 0.3 is 11.0 Å². The number of amides is 1. The minimum Gasteiger partial charge on any atom is -0.504 e. The number of anilines is 1. The molecule has 24 heavy (non-hydrogen) atoms. The van der Waals surface area contributed by atoms with Crippen LogP contribution in [0.5, 0.6) is 17.2 Å². The highest BCUT2D eigenvalue weighted by Gasteiger charge is 2.17. The number of carbonyl (C=O) groups is 2. The third kappa shape index (κ3) is 3.86. The molecule has 12 heteroatoms. The molecule has 0 saturated heterocycles. The topological polar surface area (TPSA) is 172 Å². The summed E-state index contributed by atoms with van der Waals surface area (Å²) in [7, 11) is 0. The molecule has 0 spiro atoms. The fraction of sp³-hybridized carbons (Fsp3) is 0.0833. The molecule has 11 nitrogen and oxygen atoms in total. The summed E-state index contributed by atoms with van der Waals surface area (Å²) in [5.41, 5.74) is -0.291. The molecule has 0 atom stereocenters. The molecule has 0 unspecified atom stereocenters. The van der Waals surface area contributed by atoms with E-state index in [-0.39, 0.29) is 15.7 Å². The zero-order chi connectivity index (χ0) is 17.9. The number of carbonyl (C=O) groups excluding carboxylic acids is 2. The van der Waals surface area contributed by atoms with Crippen molar-refractivity contribution in [3.05, 3.63) is 34.0 Å². The van der Waals surface area contributed by atoms with Gasteiger partial charge in [-0.1, -0.05) is 0 Å². The average molecular weight is 355 g/mol. The predicted molar refractivity (Wildman–Crippen MR) is 79.1 cm³/mol. The van der Waals surface area contributed by atoms with E-state index < -0.39 is 40.7 Å². The number of nitrogens with zero attached hydrogens (tertiary/aromatic N) is 2. The molecule has 0 aliphatic heterocycles. The third-order valence-electron chi connectivity index (χ3n) is 2.56. The lowest BCUT2D eigenvalue weighted by Crippen LogP contribution is -2.20. The first kappa shape index (κ1) is 17.0. The quantitative estimate of drug-likeness (QED) is 0.264. The molecule has 0 aliphatic carbocycles. The monoisotopic (exact) mass is 355 g/mol. The number of thiazole rings is 1. The Morgan fingerprint density at radius 3 is 2.46 bits per heavy atom. The van der Waals surface area contributed by atoms with Gasteiger partial charge in [-0.25, -0.2) is 9.78 Å². The van der Waals surface area contributed by atoms with Crippen molar-refractivity contribution in [3.8, 4) is 17.2 Å². The van der Waals surface area contributed by atoms with Gasteiger partial charge in [-0.05, 0) is 23.5 Å². The molecule has 1 aromatic carbocycles. The molecule has 0 saturated carbocycles. The molecule has 0 radical (unpaired) electrons. The van der Waals surface area contributed by atoms with Gasteiger partial charge in [0.2, 0.25) is 0 Å². The number of phenolic OH excluding ortho intramolecular Hbond substituents is 3. The van der Waals surface area contributed by atoms with Crippen molar-refractivity contribution in [3.63, 3.8) is 0 Å². The van der Waals surface area contributed by atoms with Crippen LogP contribution in [0.3, 0.4) is 0 Å². The summed E-state index contributed by atoms with van der Waals surface area (Å²) in [6.45, 7) is -0.728. The van der Waals surface area contributed by atoms with E-state index in [0.29, 0.717) is 11.3 Å². The van der Waals surface area contributed by atoms with Crippen LogP contribution < -0.4 is 5.32 Å². The fourth-order valence-electron chi connectivity index (χ4n) is 1.50. The number of hydrogen-bond donors (Lipinski definition) is 4. The third-order valence-corrected chi connectivity index (χ3v) is 3.42. The minimum absolute atomic E-state index is 0.0392. The van der Waals surface area contributed by atoms with Crippen LogP contribution in [0, 0.1) is 10.1 Å². The van der Waals surface area contributed by atoms with Crippen LogP contribution in [0.15, 0.2) is 18.3 Å². The average Bonchev–Trinajstić information content (AvgIpc) is 2.98. The highest BCUT2D eigenvalue weighted by atomic mass is 32.1. The van der Waals surface area contributed by atoms with Crippen molar-refractivity contribution in [2.75, 3.05) is 11.9 Å². The van der Waals surface area contributed by atoms with Gasteiger partial charge in [-0.3, -0.25) is 20.2 Å². The Hall–Kier alpha value is -3.41. The maximum atomic E-state index is 11.7. The normalized spacial score (nSPS) is 10.2. The molecule has 0 aliphatic rings. The lowest BCUT2D eigenvalue weighted by atomic mass is 10.2. The predicted octanol–water partition coefficient (Wildman–Crippen LogP) is 0.964. The van der Waals surface area contributed by atoms with Crippen molar-refractivity contribution in [1.82, 2.24) is 4.98 Å². The number of rotatable bonds is 5. The molecule has 1 amide bonds. The lowest BCUT2D eigenvalue weighted by molar-refractivity contribution is -0.380. The number of esters is 1. The summed E-state index contributed by atoms with van der Waals surface area (Å²) in [6.07, 6.45) is 0.967. The first-order valence-electron chi connectivity index (χ1n) is 6.10. The SMILES string of the molecule is O=C(COC(=O)c1cc(O)c(O)c(O)c1)Nc1ncc([N+](=O)[O-])s1. The van der Waals surface area contributed by atoms with E-state index in [9.17, 15) is 29.9 Å². The second-order valence-electron chi connectivity index (χ2n) is 4.25. The summed E-state index contributed by atoms with van der Waals surface area (Å²) in [4.78, 5) is 36.7. The van der Waals surface area contributed by atoms with E-state index in [1.165, 1.54) is 0 Å². The second kappa shape index (κ2) is 6.78. The Labute approximate surface area is 136 Å². The van der Waals surface area contributed by atoms with Crippen LogP contribution >= 0.6 is 11.3 Å².